The number of nitrogens with zero attached hydrogens (tertiary/aromatic N) is 1. The molecule has 0 spiro atoms. The van der Waals surface area contributed by atoms with E-state index < -0.39 is 5.82 Å². The van der Waals surface area contributed by atoms with Gasteiger partial charge in [-0.3, -0.25) is 4.79 Å². The summed E-state index contributed by atoms with van der Waals surface area (Å²) in [4.78, 5) is 14.1. The summed E-state index contributed by atoms with van der Waals surface area (Å²) in [6.07, 6.45) is 2.00. The highest BCUT2D eigenvalue weighted by Crippen LogP contribution is 2.24. The monoisotopic (exact) mass is 250 g/mol. The molecule has 1 aromatic carbocycles. The first-order valence-corrected chi connectivity index (χ1v) is 6.34. The lowest BCUT2D eigenvalue weighted by molar-refractivity contribution is 0.0588. The zero-order valence-corrected chi connectivity index (χ0v) is 10.8. The smallest absolute Gasteiger partial charge is 0.254 e. The summed E-state index contributed by atoms with van der Waals surface area (Å²) in [6.45, 7) is 4.96. The number of nitrogen functional groups attached to an aromatic ring is 1. The third kappa shape index (κ3) is 2.63. The van der Waals surface area contributed by atoms with Crippen molar-refractivity contribution in [1.29, 1.82) is 0 Å². The molecule has 3 nitrogen and oxygen atoms in total. The molecule has 2 unspecified atom stereocenters. The molecule has 4 heteroatoms. The summed E-state index contributed by atoms with van der Waals surface area (Å²) in [6, 6.07) is 4.21. The van der Waals surface area contributed by atoms with Crippen LogP contribution in [0.1, 0.15) is 37.0 Å². The number of hydrogen-bond acceptors (Lipinski definition) is 2. The van der Waals surface area contributed by atoms with E-state index in [4.69, 9.17) is 5.73 Å². The maximum absolute atomic E-state index is 13.3. The predicted octanol–water partition coefficient (Wildman–Crippen LogP) is 2.67. The number of nitrogens with two attached hydrogens (primary N) is 1. The topological polar surface area (TPSA) is 46.3 Å². The van der Waals surface area contributed by atoms with E-state index in [2.05, 4.69) is 6.92 Å². The minimum Gasteiger partial charge on any atom is -0.399 e. The van der Waals surface area contributed by atoms with Crippen LogP contribution in [-0.2, 0) is 0 Å². The normalized spacial score (nSPS) is 24.1. The minimum atomic E-state index is -0.462. The molecule has 18 heavy (non-hydrogen) atoms. The molecular weight excluding hydrogens is 231 g/mol. The Balaban J connectivity index is 2.20. The van der Waals surface area contributed by atoms with Gasteiger partial charge in [0.25, 0.3) is 5.91 Å². The van der Waals surface area contributed by atoms with Crippen molar-refractivity contribution in [2.24, 2.45) is 5.92 Å². The first-order valence-electron chi connectivity index (χ1n) is 6.34. The molecule has 1 aliphatic rings. The molecule has 1 heterocycles. The Morgan fingerprint density at radius 3 is 2.72 bits per heavy atom. The second-order valence-electron chi connectivity index (χ2n) is 5.25. The van der Waals surface area contributed by atoms with E-state index in [-0.39, 0.29) is 17.6 Å². The van der Waals surface area contributed by atoms with Crippen LogP contribution in [0, 0.1) is 11.7 Å². The van der Waals surface area contributed by atoms with E-state index in [1.807, 2.05) is 11.8 Å². The number of rotatable bonds is 1. The predicted molar refractivity (Wildman–Crippen MR) is 69.7 cm³/mol. The Labute approximate surface area is 107 Å². The molecule has 0 aromatic heterocycles. The molecule has 98 valence electrons. The zero-order valence-electron chi connectivity index (χ0n) is 10.8. The summed E-state index contributed by atoms with van der Waals surface area (Å²) in [5.74, 6) is 0.0543. The highest BCUT2D eigenvalue weighted by molar-refractivity contribution is 5.95. The van der Waals surface area contributed by atoms with Crippen molar-refractivity contribution in [2.45, 2.75) is 32.7 Å². The maximum atomic E-state index is 13.3. The molecule has 1 fully saturated rings. The van der Waals surface area contributed by atoms with Crippen molar-refractivity contribution < 1.29 is 9.18 Å². The fraction of sp³-hybridized carbons (Fsp3) is 0.500. The number of amides is 1. The SMILES string of the molecule is CC1CCN(C(=O)c2cc(N)cc(F)c2)C(C)C1. The molecule has 0 radical (unpaired) electrons. The largest absolute Gasteiger partial charge is 0.399 e. The Morgan fingerprint density at radius 2 is 2.11 bits per heavy atom. The van der Waals surface area contributed by atoms with Crippen molar-refractivity contribution in [3.8, 4) is 0 Å². The van der Waals surface area contributed by atoms with Crippen LogP contribution in [0.3, 0.4) is 0 Å². The van der Waals surface area contributed by atoms with Gasteiger partial charge in [0.15, 0.2) is 0 Å². The first kappa shape index (κ1) is 12.9. The Kier molecular flexibility index (Phi) is 3.55. The number of hydrogen-bond donors (Lipinski definition) is 1. The Morgan fingerprint density at radius 1 is 1.39 bits per heavy atom. The second-order valence-corrected chi connectivity index (χ2v) is 5.25. The van der Waals surface area contributed by atoms with Crippen LogP contribution in [0.25, 0.3) is 0 Å². The first-order chi connectivity index (χ1) is 8.47. The van der Waals surface area contributed by atoms with Crippen LogP contribution < -0.4 is 5.73 Å². The number of anilines is 1. The fourth-order valence-corrected chi connectivity index (χ4v) is 2.61. The fourth-order valence-electron chi connectivity index (χ4n) is 2.61. The lowest BCUT2D eigenvalue weighted by Gasteiger charge is -2.36. The number of likely N-dealkylation sites (tertiary alicyclic amines) is 1. The molecule has 2 atom stereocenters. The lowest BCUT2D eigenvalue weighted by atomic mass is 9.93. The van der Waals surface area contributed by atoms with Crippen molar-refractivity contribution in [3.63, 3.8) is 0 Å². The van der Waals surface area contributed by atoms with Crippen molar-refractivity contribution in [1.82, 2.24) is 4.90 Å². The van der Waals surface area contributed by atoms with Gasteiger partial charge in [-0.15, -0.1) is 0 Å². The van der Waals surface area contributed by atoms with Gasteiger partial charge in [-0.05, 0) is 43.9 Å². The van der Waals surface area contributed by atoms with Gasteiger partial charge >= 0.3 is 0 Å². The molecule has 1 aliphatic heterocycles. The van der Waals surface area contributed by atoms with Gasteiger partial charge in [0.1, 0.15) is 5.82 Å². The molecule has 1 saturated heterocycles. The highest BCUT2D eigenvalue weighted by Gasteiger charge is 2.27. The number of carbonyl (C=O) groups excluding carboxylic acids is 1. The van der Waals surface area contributed by atoms with Gasteiger partial charge in [-0.25, -0.2) is 4.39 Å². The summed E-state index contributed by atoms with van der Waals surface area (Å²) in [7, 11) is 0. The van der Waals surface area contributed by atoms with Crippen LogP contribution in [0.4, 0.5) is 10.1 Å². The van der Waals surface area contributed by atoms with Crippen LogP contribution in [0.2, 0.25) is 0 Å². The Hall–Kier alpha value is -1.58. The van der Waals surface area contributed by atoms with Crippen LogP contribution in [-0.4, -0.2) is 23.4 Å². The third-order valence-electron chi connectivity index (χ3n) is 3.57. The zero-order chi connectivity index (χ0) is 13.3. The molecular formula is C14H19FN2O. The van der Waals surface area contributed by atoms with E-state index in [9.17, 15) is 9.18 Å². The molecule has 1 aromatic rings. The number of halogens is 1. The Bertz CT molecular complexity index is 441. The van der Waals surface area contributed by atoms with Crippen molar-refractivity contribution in [2.75, 3.05) is 12.3 Å². The summed E-state index contributed by atoms with van der Waals surface area (Å²) in [5, 5.41) is 0. The van der Waals surface area contributed by atoms with Gasteiger partial charge in [0.2, 0.25) is 0 Å². The van der Waals surface area contributed by atoms with Crippen molar-refractivity contribution >= 4 is 11.6 Å². The van der Waals surface area contributed by atoms with Crippen molar-refractivity contribution in [3.05, 3.63) is 29.6 Å². The van der Waals surface area contributed by atoms with Gasteiger partial charge < -0.3 is 10.6 Å². The van der Waals surface area contributed by atoms with E-state index in [1.165, 1.54) is 18.2 Å². The van der Waals surface area contributed by atoms with Gasteiger partial charge in [0, 0.05) is 23.8 Å². The third-order valence-corrected chi connectivity index (χ3v) is 3.57. The molecule has 0 aliphatic carbocycles. The van der Waals surface area contributed by atoms with E-state index in [0.717, 1.165) is 19.4 Å². The molecule has 0 saturated carbocycles. The minimum absolute atomic E-state index is 0.124. The number of benzene rings is 1. The lowest BCUT2D eigenvalue weighted by Crippen LogP contribution is -2.44. The van der Waals surface area contributed by atoms with Crippen LogP contribution >= 0.6 is 0 Å². The number of carbonyl (C=O) groups is 1. The average Bonchev–Trinajstić information content (AvgIpc) is 2.26. The van der Waals surface area contributed by atoms with Gasteiger partial charge in [0.05, 0.1) is 0 Å². The standard InChI is InChI=1S/C14H19FN2O/c1-9-3-4-17(10(2)5-9)14(18)11-6-12(15)8-13(16)7-11/h6-10H,3-5,16H2,1-2H3. The summed E-state index contributed by atoms with van der Waals surface area (Å²) < 4.78 is 13.3. The van der Waals surface area contributed by atoms with E-state index in [1.54, 1.807) is 0 Å². The summed E-state index contributed by atoms with van der Waals surface area (Å²) in [5.41, 5.74) is 6.20. The van der Waals surface area contributed by atoms with E-state index in [0.29, 0.717) is 11.5 Å². The molecule has 2 N–H and O–H groups in total. The molecule has 1 amide bonds. The quantitative estimate of drug-likeness (QED) is 0.779. The summed E-state index contributed by atoms with van der Waals surface area (Å²) >= 11 is 0. The maximum Gasteiger partial charge on any atom is 0.254 e. The van der Waals surface area contributed by atoms with Gasteiger partial charge in [-0.2, -0.15) is 0 Å². The van der Waals surface area contributed by atoms with Gasteiger partial charge in [-0.1, -0.05) is 6.92 Å². The van der Waals surface area contributed by atoms with Crippen LogP contribution in [0.15, 0.2) is 18.2 Å². The average molecular weight is 250 g/mol. The molecule has 2 rings (SSSR count). The molecule has 0 bridgehead atoms. The highest BCUT2D eigenvalue weighted by atomic mass is 19.1. The van der Waals surface area contributed by atoms with Crippen LogP contribution in [0.5, 0.6) is 0 Å². The second kappa shape index (κ2) is 4.96. The number of piperidine rings is 1. The van der Waals surface area contributed by atoms with E-state index >= 15 is 0 Å².